The third-order valence-electron chi connectivity index (χ3n) is 5.46. The van der Waals surface area contributed by atoms with E-state index in [2.05, 4.69) is 29.2 Å². The first-order chi connectivity index (χ1) is 13.9. The van der Waals surface area contributed by atoms with Crippen LogP contribution in [0.25, 0.3) is 21.8 Å². The first kappa shape index (κ1) is 19.7. The van der Waals surface area contributed by atoms with Gasteiger partial charge in [0.1, 0.15) is 0 Å². The lowest BCUT2D eigenvalue weighted by Gasteiger charge is -2.29. The molecule has 0 fully saturated rings. The second kappa shape index (κ2) is 7.67. The summed E-state index contributed by atoms with van der Waals surface area (Å²) in [5, 5.41) is 9.90. The molecule has 1 aliphatic rings. The first-order valence-corrected chi connectivity index (χ1v) is 10.4. The predicted octanol–water partition coefficient (Wildman–Crippen LogP) is 4.05. The van der Waals surface area contributed by atoms with Gasteiger partial charge in [0.2, 0.25) is 0 Å². The van der Waals surface area contributed by atoms with Gasteiger partial charge in [-0.25, -0.2) is 14.8 Å². The summed E-state index contributed by atoms with van der Waals surface area (Å²) >= 11 is 1.52. The molecule has 0 atom stereocenters. The number of nitrogens with two attached hydrogens (primary N) is 1. The largest absolute Gasteiger partial charge is 0.478 e. The Bertz CT molecular complexity index is 1060. The Kier molecular flexibility index (Phi) is 5.21. The number of aryl methyl sites for hydroxylation is 1. The molecule has 0 radical (unpaired) electrons. The number of rotatable bonds is 5. The zero-order valence-electron chi connectivity index (χ0n) is 16.5. The topological polar surface area (TPSA) is 101 Å². The molecule has 0 aliphatic heterocycles. The van der Waals surface area contributed by atoms with Gasteiger partial charge >= 0.3 is 5.97 Å². The van der Waals surface area contributed by atoms with E-state index >= 15 is 0 Å². The molecule has 4 N–H and O–H groups in total. The Morgan fingerprint density at radius 2 is 2.00 bits per heavy atom. The zero-order chi connectivity index (χ0) is 20.6. The molecule has 6 nitrogen and oxygen atoms in total. The van der Waals surface area contributed by atoms with Gasteiger partial charge in [0.15, 0.2) is 5.82 Å². The van der Waals surface area contributed by atoms with E-state index in [4.69, 9.17) is 5.84 Å². The van der Waals surface area contributed by atoms with E-state index in [0.29, 0.717) is 22.8 Å². The number of hydrogen-bond donors (Lipinski definition) is 3. The maximum Gasteiger partial charge on any atom is 0.337 e. The van der Waals surface area contributed by atoms with E-state index in [0.717, 1.165) is 46.4 Å². The first-order valence-electron chi connectivity index (χ1n) is 9.61. The number of fused-ring (bicyclic) bond motifs is 1. The Morgan fingerprint density at radius 3 is 2.69 bits per heavy atom. The van der Waals surface area contributed by atoms with Gasteiger partial charge in [0.25, 0.3) is 0 Å². The molecule has 4 rings (SSSR count). The Morgan fingerprint density at radius 1 is 1.28 bits per heavy atom. The molecule has 1 aliphatic carbocycles. The van der Waals surface area contributed by atoms with Crippen molar-refractivity contribution in [2.45, 2.75) is 39.7 Å². The molecule has 0 saturated carbocycles. The van der Waals surface area contributed by atoms with Crippen molar-refractivity contribution in [3.63, 3.8) is 0 Å². The number of aromatic carboxylic acids is 1. The van der Waals surface area contributed by atoms with Gasteiger partial charge in [0.05, 0.1) is 10.4 Å². The van der Waals surface area contributed by atoms with Crippen LogP contribution in [0.1, 0.15) is 46.6 Å². The van der Waals surface area contributed by atoms with Crippen molar-refractivity contribution in [2.24, 2.45) is 11.3 Å². The van der Waals surface area contributed by atoms with Gasteiger partial charge in [0, 0.05) is 29.4 Å². The molecule has 150 valence electrons. The van der Waals surface area contributed by atoms with Gasteiger partial charge in [-0.1, -0.05) is 38.1 Å². The van der Waals surface area contributed by atoms with Gasteiger partial charge in [-0.05, 0) is 41.4 Å². The van der Waals surface area contributed by atoms with Crippen molar-refractivity contribution in [1.29, 1.82) is 0 Å². The second-order valence-electron chi connectivity index (χ2n) is 8.19. The summed E-state index contributed by atoms with van der Waals surface area (Å²) in [5.74, 6) is 5.05. The zero-order valence-corrected chi connectivity index (χ0v) is 17.3. The minimum absolute atomic E-state index is 0.112. The number of carboxylic acid groups (broad SMARTS) is 1. The van der Waals surface area contributed by atoms with Gasteiger partial charge < -0.3 is 5.11 Å². The highest BCUT2D eigenvalue weighted by atomic mass is 32.1. The van der Waals surface area contributed by atoms with Gasteiger partial charge in [-0.2, -0.15) is 0 Å². The summed E-state index contributed by atoms with van der Waals surface area (Å²) in [6, 6.07) is 7.92. The fourth-order valence-corrected chi connectivity index (χ4v) is 5.21. The van der Waals surface area contributed by atoms with E-state index in [9.17, 15) is 9.90 Å². The molecule has 29 heavy (non-hydrogen) atoms. The fraction of sp³-hybridized carbons (Fsp3) is 0.318. The van der Waals surface area contributed by atoms with E-state index in [1.165, 1.54) is 11.3 Å². The van der Waals surface area contributed by atoms with Crippen LogP contribution in [0.5, 0.6) is 0 Å². The van der Waals surface area contributed by atoms with Crippen LogP contribution in [0.3, 0.4) is 0 Å². The van der Waals surface area contributed by atoms with Crippen LogP contribution in [0.15, 0.2) is 36.7 Å². The highest BCUT2D eigenvalue weighted by Crippen LogP contribution is 2.44. The number of aromatic nitrogens is 2. The highest BCUT2D eigenvalue weighted by molar-refractivity contribution is 7.16. The van der Waals surface area contributed by atoms with Crippen molar-refractivity contribution in [2.75, 3.05) is 0 Å². The fourth-order valence-electron chi connectivity index (χ4n) is 3.95. The highest BCUT2D eigenvalue weighted by Gasteiger charge is 2.33. The number of hydrazine groups is 1. The van der Waals surface area contributed by atoms with Crippen LogP contribution >= 0.6 is 11.3 Å². The number of benzene rings is 1. The predicted molar refractivity (Wildman–Crippen MR) is 115 cm³/mol. The van der Waals surface area contributed by atoms with Crippen molar-refractivity contribution in [1.82, 2.24) is 15.4 Å². The molecule has 0 amide bonds. The van der Waals surface area contributed by atoms with E-state index in [1.807, 2.05) is 24.3 Å². The molecule has 2 aromatic heterocycles. The molecule has 7 heteroatoms. The SMILES string of the molecule is CC1(C)CCc2sc(-c3ncc(-c4ccccc4CNN)cn3)c(C(=O)O)c2C1. The third-order valence-corrected chi connectivity index (χ3v) is 6.75. The second-order valence-corrected chi connectivity index (χ2v) is 9.29. The number of nitrogens with zero attached hydrogens (tertiary/aromatic N) is 2. The van der Waals surface area contributed by atoms with Crippen molar-refractivity contribution < 1.29 is 9.90 Å². The molecular formula is C22H24N4O2S. The number of nitrogens with one attached hydrogen (secondary N) is 1. The molecular weight excluding hydrogens is 384 g/mol. The van der Waals surface area contributed by atoms with Crippen LogP contribution in [-0.4, -0.2) is 21.0 Å². The quantitative estimate of drug-likeness (QED) is 0.435. The van der Waals surface area contributed by atoms with Crippen LogP contribution in [0, 0.1) is 5.41 Å². The molecule has 0 unspecified atom stereocenters. The van der Waals surface area contributed by atoms with E-state index in [-0.39, 0.29) is 5.41 Å². The van der Waals surface area contributed by atoms with Crippen LogP contribution in [0.2, 0.25) is 0 Å². The average molecular weight is 409 g/mol. The number of hydrogen-bond acceptors (Lipinski definition) is 6. The smallest absolute Gasteiger partial charge is 0.337 e. The standard InChI is InChI=1S/C22H24N4O2S/c1-22(2)8-7-17-16(9-22)18(21(27)28)19(29-17)20-24-10-14(11-25-20)15-6-4-3-5-13(15)12-26-23/h3-6,10-11,26H,7-9,12,23H2,1-2H3,(H,27,28). The Labute approximate surface area is 173 Å². The number of thiophene rings is 1. The third kappa shape index (κ3) is 3.81. The van der Waals surface area contributed by atoms with Crippen molar-refractivity contribution in [3.8, 4) is 21.8 Å². The lowest BCUT2D eigenvalue weighted by molar-refractivity contribution is 0.0696. The summed E-state index contributed by atoms with van der Waals surface area (Å²) in [6.45, 7) is 4.92. The monoisotopic (exact) mass is 408 g/mol. The van der Waals surface area contributed by atoms with E-state index < -0.39 is 5.97 Å². The Hall–Kier alpha value is -2.61. The molecule has 0 spiro atoms. The van der Waals surface area contributed by atoms with Gasteiger partial charge in [-0.3, -0.25) is 11.3 Å². The lowest BCUT2D eigenvalue weighted by Crippen LogP contribution is -2.22. The minimum atomic E-state index is -0.901. The summed E-state index contributed by atoms with van der Waals surface area (Å²) in [6.07, 6.45) is 6.26. The summed E-state index contributed by atoms with van der Waals surface area (Å²) < 4.78 is 0. The molecule has 3 aromatic rings. The molecule has 0 bridgehead atoms. The minimum Gasteiger partial charge on any atom is -0.478 e. The molecule has 2 heterocycles. The molecule has 1 aromatic carbocycles. The summed E-state index contributed by atoms with van der Waals surface area (Å²) in [4.78, 5) is 23.0. The van der Waals surface area contributed by atoms with Gasteiger partial charge in [-0.15, -0.1) is 11.3 Å². The van der Waals surface area contributed by atoms with Crippen molar-refractivity contribution in [3.05, 3.63) is 58.2 Å². The number of carboxylic acids is 1. The average Bonchev–Trinajstić information content (AvgIpc) is 3.06. The molecule has 0 saturated heterocycles. The Balaban J connectivity index is 1.74. The summed E-state index contributed by atoms with van der Waals surface area (Å²) in [5.41, 5.74) is 7.05. The van der Waals surface area contributed by atoms with Crippen LogP contribution in [0.4, 0.5) is 0 Å². The van der Waals surface area contributed by atoms with Crippen LogP contribution < -0.4 is 11.3 Å². The normalized spacial score (nSPS) is 15.1. The van der Waals surface area contributed by atoms with Crippen molar-refractivity contribution >= 4 is 17.3 Å². The summed E-state index contributed by atoms with van der Waals surface area (Å²) in [7, 11) is 0. The number of carbonyl (C=O) groups is 1. The maximum absolute atomic E-state index is 12.1. The van der Waals surface area contributed by atoms with Crippen LogP contribution in [-0.2, 0) is 19.4 Å². The maximum atomic E-state index is 12.1. The lowest BCUT2D eigenvalue weighted by atomic mass is 9.76. The van der Waals surface area contributed by atoms with E-state index in [1.54, 1.807) is 12.4 Å².